The predicted octanol–water partition coefficient (Wildman–Crippen LogP) is 4.43. The Balaban J connectivity index is 1.88. The summed E-state index contributed by atoms with van der Waals surface area (Å²) in [5.74, 6) is 0. The third kappa shape index (κ3) is 3.36. The van der Waals surface area contributed by atoms with Gasteiger partial charge in [-0.3, -0.25) is 9.78 Å². The topological polar surface area (TPSA) is 69.0 Å². The fourth-order valence-corrected chi connectivity index (χ4v) is 4.24. The van der Waals surface area contributed by atoms with Gasteiger partial charge in [0.1, 0.15) is 0 Å². The Morgan fingerprint density at radius 2 is 1.69 bits per heavy atom. The first-order chi connectivity index (χ1) is 13.8. The van der Waals surface area contributed by atoms with E-state index < -0.39 is 9.84 Å². The van der Waals surface area contributed by atoms with E-state index in [1.807, 2.05) is 50.4 Å². The second kappa shape index (κ2) is 6.97. The van der Waals surface area contributed by atoms with E-state index in [0.717, 1.165) is 45.4 Å². The number of rotatable bonds is 4. The molecule has 0 bridgehead atoms. The molecular weight excluding hydrogens is 384 g/mol. The molecule has 0 fully saturated rings. The molecular formula is C23H20N2O3S. The zero-order chi connectivity index (χ0) is 20.8. The van der Waals surface area contributed by atoms with Crippen LogP contribution in [0.25, 0.3) is 33.4 Å². The van der Waals surface area contributed by atoms with Crippen LogP contribution in [0.3, 0.4) is 0 Å². The maximum atomic E-state index is 11.7. The van der Waals surface area contributed by atoms with Crippen LogP contribution >= 0.6 is 0 Å². The molecule has 0 amide bonds. The molecule has 0 radical (unpaired) electrons. The zero-order valence-corrected chi connectivity index (χ0v) is 17.2. The fraction of sp³-hybridized carbons (Fsp3) is 0.130. The number of aromatic nitrogens is 2. The molecule has 0 aliphatic heterocycles. The Morgan fingerprint density at radius 3 is 2.34 bits per heavy atom. The summed E-state index contributed by atoms with van der Waals surface area (Å²) in [6.45, 7) is 1.95. The summed E-state index contributed by atoms with van der Waals surface area (Å²) in [6, 6.07) is 18.3. The molecule has 5 nitrogen and oxygen atoms in total. The first-order valence-corrected chi connectivity index (χ1v) is 11.0. The van der Waals surface area contributed by atoms with Crippen LogP contribution in [0.4, 0.5) is 0 Å². The smallest absolute Gasteiger partial charge is 0.175 e. The van der Waals surface area contributed by atoms with Gasteiger partial charge in [-0.15, -0.1) is 0 Å². The average Bonchev–Trinajstić information content (AvgIpc) is 3.04. The van der Waals surface area contributed by atoms with E-state index in [-0.39, 0.29) is 0 Å². The number of carbonyl (C=O) groups is 1. The van der Waals surface area contributed by atoms with Crippen molar-refractivity contribution in [3.05, 3.63) is 71.9 Å². The largest absolute Gasteiger partial charge is 0.344 e. The Bertz CT molecular complexity index is 1350. The number of nitrogens with zero attached hydrogens (tertiary/aromatic N) is 2. The highest BCUT2D eigenvalue weighted by molar-refractivity contribution is 7.90. The quantitative estimate of drug-likeness (QED) is 0.472. The molecule has 2 aromatic heterocycles. The first kappa shape index (κ1) is 19.1. The van der Waals surface area contributed by atoms with Crippen molar-refractivity contribution in [1.82, 2.24) is 9.55 Å². The van der Waals surface area contributed by atoms with Gasteiger partial charge in [-0.2, -0.15) is 0 Å². The normalized spacial score (nSPS) is 11.7. The molecule has 0 saturated carbocycles. The number of carbonyl (C=O) groups excluding carboxylic acids is 1. The first-order valence-electron chi connectivity index (χ1n) is 9.12. The van der Waals surface area contributed by atoms with E-state index in [2.05, 4.69) is 10.6 Å². The molecule has 29 heavy (non-hydrogen) atoms. The highest BCUT2D eigenvalue weighted by atomic mass is 32.2. The summed E-state index contributed by atoms with van der Waals surface area (Å²) in [4.78, 5) is 16.4. The van der Waals surface area contributed by atoms with Crippen molar-refractivity contribution in [2.24, 2.45) is 7.05 Å². The molecule has 4 rings (SSSR count). The minimum absolute atomic E-state index is 0.297. The van der Waals surface area contributed by atoms with Crippen LogP contribution in [0, 0.1) is 6.92 Å². The highest BCUT2D eigenvalue weighted by Crippen LogP contribution is 2.32. The van der Waals surface area contributed by atoms with Gasteiger partial charge in [-0.25, -0.2) is 8.42 Å². The fourth-order valence-electron chi connectivity index (χ4n) is 3.61. The van der Waals surface area contributed by atoms with Gasteiger partial charge in [0, 0.05) is 41.2 Å². The minimum atomic E-state index is -3.23. The number of aldehydes is 1. The molecule has 0 atom stereocenters. The van der Waals surface area contributed by atoms with Crippen LogP contribution in [-0.4, -0.2) is 30.5 Å². The molecule has 0 N–H and O–H groups in total. The van der Waals surface area contributed by atoms with Crippen molar-refractivity contribution in [3.63, 3.8) is 0 Å². The van der Waals surface area contributed by atoms with Crippen LogP contribution in [0.1, 0.15) is 16.1 Å². The van der Waals surface area contributed by atoms with Crippen LogP contribution in [0.15, 0.2) is 65.6 Å². The summed E-state index contributed by atoms with van der Waals surface area (Å²) in [6.07, 6.45) is 2.04. The Labute approximate surface area is 169 Å². The van der Waals surface area contributed by atoms with Crippen molar-refractivity contribution in [1.29, 1.82) is 0 Å². The molecule has 0 spiro atoms. The van der Waals surface area contributed by atoms with Crippen LogP contribution < -0.4 is 0 Å². The molecule has 0 aliphatic rings. The summed E-state index contributed by atoms with van der Waals surface area (Å²) < 4.78 is 25.5. The van der Waals surface area contributed by atoms with Gasteiger partial charge in [0.2, 0.25) is 0 Å². The van der Waals surface area contributed by atoms with Gasteiger partial charge < -0.3 is 4.57 Å². The van der Waals surface area contributed by atoms with Gasteiger partial charge >= 0.3 is 0 Å². The lowest BCUT2D eigenvalue weighted by atomic mass is 10.0. The van der Waals surface area contributed by atoms with Crippen LogP contribution in [-0.2, 0) is 16.9 Å². The van der Waals surface area contributed by atoms with E-state index in [9.17, 15) is 13.2 Å². The lowest BCUT2D eigenvalue weighted by Crippen LogP contribution is -1.97. The second-order valence-electron chi connectivity index (χ2n) is 7.12. The number of sulfone groups is 1. The maximum absolute atomic E-state index is 11.7. The standard InChI is InChI=1S/C23H20N2O3S/c1-15-20-12-22(16-8-10-18(11-9-16)29(3,27)28)25(2)23(20)13-21(24-15)19-7-5-4-6-17(19)14-26/h4-14H,1-3H3. The molecule has 6 heteroatoms. The average molecular weight is 404 g/mol. The van der Waals surface area contributed by atoms with Crippen LogP contribution in [0.5, 0.6) is 0 Å². The SMILES string of the molecule is Cc1nc(-c2ccccc2C=O)cc2c1cc(-c1ccc(S(C)(=O)=O)cc1)n2C. The van der Waals surface area contributed by atoms with E-state index >= 15 is 0 Å². The predicted molar refractivity (Wildman–Crippen MR) is 115 cm³/mol. The number of pyridine rings is 1. The number of benzene rings is 2. The monoisotopic (exact) mass is 404 g/mol. The van der Waals surface area contributed by atoms with Crippen molar-refractivity contribution < 1.29 is 13.2 Å². The maximum Gasteiger partial charge on any atom is 0.175 e. The van der Waals surface area contributed by atoms with E-state index in [4.69, 9.17) is 4.98 Å². The van der Waals surface area contributed by atoms with Crippen molar-refractivity contribution in [2.75, 3.05) is 6.26 Å². The third-order valence-electron chi connectivity index (χ3n) is 5.17. The Morgan fingerprint density at radius 1 is 1.00 bits per heavy atom. The molecule has 0 aliphatic carbocycles. The van der Waals surface area contributed by atoms with Crippen molar-refractivity contribution in [2.45, 2.75) is 11.8 Å². The molecule has 146 valence electrons. The Kier molecular flexibility index (Phi) is 4.59. The zero-order valence-electron chi connectivity index (χ0n) is 16.4. The summed E-state index contributed by atoms with van der Waals surface area (Å²) in [5.41, 5.74) is 5.90. The molecule has 0 saturated heterocycles. The highest BCUT2D eigenvalue weighted by Gasteiger charge is 2.15. The Hall–Kier alpha value is -3.25. The molecule has 2 aromatic carbocycles. The molecule has 0 unspecified atom stereocenters. The lowest BCUT2D eigenvalue weighted by molar-refractivity contribution is 0.112. The van der Waals surface area contributed by atoms with Crippen molar-refractivity contribution in [3.8, 4) is 22.5 Å². The molecule has 2 heterocycles. The van der Waals surface area contributed by atoms with Gasteiger partial charge in [0.05, 0.1) is 16.1 Å². The van der Waals surface area contributed by atoms with Gasteiger partial charge in [0.25, 0.3) is 0 Å². The minimum Gasteiger partial charge on any atom is -0.344 e. The van der Waals surface area contributed by atoms with Crippen molar-refractivity contribution >= 4 is 27.0 Å². The van der Waals surface area contributed by atoms with E-state index in [1.165, 1.54) is 6.26 Å². The summed E-state index contributed by atoms with van der Waals surface area (Å²) in [7, 11) is -1.26. The van der Waals surface area contributed by atoms with Gasteiger partial charge in [0.15, 0.2) is 16.1 Å². The summed E-state index contributed by atoms with van der Waals surface area (Å²) >= 11 is 0. The van der Waals surface area contributed by atoms with Crippen LogP contribution in [0.2, 0.25) is 0 Å². The lowest BCUT2D eigenvalue weighted by Gasteiger charge is -2.08. The number of hydrogen-bond acceptors (Lipinski definition) is 4. The number of hydrogen-bond donors (Lipinski definition) is 0. The van der Waals surface area contributed by atoms with E-state index in [0.29, 0.717) is 10.5 Å². The summed E-state index contributed by atoms with van der Waals surface area (Å²) in [5, 5.41) is 1.02. The van der Waals surface area contributed by atoms with Gasteiger partial charge in [-0.05, 0) is 36.8 Å². The van der Waals surface area contributed by atoms with E-state index in [1.54, 1.807) is 18.2 Å². The molecule has 4 aromatic rings. The third-order valence-corrected chi connectivity index (χ3v) is 6.30. The number of fused-ring (bicyclic) bond motifs is 1. The van der Waals surface area contributed by atoms with Gasteiger partial charge in [-0.1, -0.05) is 36.4 Å². The second-order valence-corrected chi connectivity index (χ2v) is 9.13. The number of aryl methyl sites for hydroxylation is 2.